The molecule has 6 nitrogen and oxygen atoms in total. The van der Waals surface area contributed by atoms with E-state index in [1.807, 2.05) is 40.9 Å². The average Bonchev–Trinajstić information content (AvgIpc) is 3.28. The first-order valence-electron chi connectivity index (χ1n) is 8.34. The van der Waals surface area contributed by atoms with Gasteiger partial charge in [0.25, 0.3) is 0 Å². The van der Waals surface area contributed by atoms with Crippen molar-refractivity contribution in [1.82, 2.24) is 14.4 Å². The second-order valence-electron chi connectivity index (χ2n) is 6.12. The normalized spacial score (nSPS) is 12.5. The van der Waals surface area contributed by atoms with Crippen LogP contribution in [0.25, 0.3) is 16.9 Å². The van der Waals surface area contributed by atoms with Crippen LogP contribution in [0.3, 0.4) is 0 Å². The van der Waals surface area contributed by atoms with E-state index in [4.69, 9.17) is 14.5 Å². The molecule has 26 heavy (non-hydrogen) atoms. The highest BCUT2D eigenvalue weighted by molar-refractivity contribution is 5.81. The van der Waals surface area contributed by atoms with E-state index >= 15 is 0 Å². The van der Waals surface area contributed by atoms with Gasteiger partial charge in [-0.15, -0.1) is 0 Å². The van der Waals surface area contributed by atoms with Crippen LogP contribution < -0.4 is 14.8 Å². The molecule has 0 fully saturated rings. The Balaban J connectivity index is 1.69. The minimum Gasteiger partial charge on any atom is -0.454 e. The van der Waals surface area contributed by atoms with Crippen molar-refractivity contribution in [3.05, 3.63) is 66.6 Å². The van der Waals surface area contributed by atoms with E-state index < -0.39 is 0 Å². The number of benzene rings is 2. The lowest BCUT2D eigenvalue weighted by molar-refractivity contribution is 0.174. The van der Waals surface area contributed by atoms with Gasteiger partial charge in [-0.25, -0.2) is 4.98 Å². The molecule has 0 amide bonds. The lowest BCUT2D eigenvalue weighted by Gasteiger charge is -2.11. The summed E-state index contributed by atoms with van der Waals surface area (Å²) in [4.78, 5) is 8.96. The van der Waals surface area contributed by atoms with Crippen molar-refractivity contribution in [3.63, 3.8) is 0 Å². The lowest BCUT2D eigenvalue weighted by atomic mass is 10.1. The van der Waals surface area contributed by atoms with Crippen molar-refractivity contribution in [1.29, 1.82) is 0 Å². The molecule has 0 radical (unpaired) electrons. The molecule has 0 aliphatic carbocycles. The van der Waals surface area contributed by atoms with Crippen molar-refractivity contribution in [2.45, 2.75) is 6.92 Å². The van der Waals surface area contributed by atoms with Crippen LogP contribution in [0, 0.1) is 6.92 Å². The molecule has 0 saturated carbocycles. The van der Waals surface area contributed by atoms with Crippen molar-refractivity contribution >= 4 is 17.2 Å². The average molecular weight is 344 g/mol. The number of imidazole rings is 1. The second-order valence-corrected chi connectivity index (χ2v) is 6.12. The quantitative estimate of drug-likeness (QED) is 0.604. The molecule has 1 aliphatic rings. The Bertz CT molecular complexity index is 1120. The maximum absolute atomic E-state index is 5.52. The number of aromatic nitrogens is 3. The summed E-state index contributed by atoms with van der Waals surface area (Å²) in [6.07, 6.45) is 5.40. The number of hydrogen-bond donors (Lipinski definition) is 1. The van der Waals surface area contributed by atoms with Gasteiger partial charge in [-0.1, -0.05) is 18.2 Å². The smallest absolute Gasteiger partial charge is 0.231 e. The van der Waals surface area contributed by atoms with E-state index in [1.54, 1.807) is 12.4 Å². The first-order valence-corrected chi connectivity index (χ1v) is 8.34. The molecule has 2 aromatic heterocycles. The van der Waals surface area contributed by atoms with Gasteiger partial charge in [0.15, 0.2) is 17.1 Å². The molecule has 4 aromatic rings. The third kappa shape index (κ3) is 2.35. The highest BCUT2D eigenvalue weighted by Crippen LogP contribution is 2.38. The third-order valence-electron chi connectivity index (χ3n) is 4.47. The summed E-state index contributed by atoms with van der Waals surface area (Å²) in [6, 6.07) is 14.0. The number of nitrogens with zero attached hydrogens (tertiary/aromatic N) is 3. The van der Waals surface area contributed by atoms with Crippen molar-refractivity contribution in [2.24, 2.45) is 0 Å². The predicted molar refractivity (Wildman–Crippen MR) is 99.0 cm³/mol. The third-order valence-corrected chi connectivity index (χ3v) is 4.47. The first-order chi connectivity index (χ1) is 12.8. The van der Waals surface area contributed by atoms with E-state index in [0.717, 1.165) is 45.5 Å². The van der Waals surface area contributed by atoms with Gasteiger partial charge in [-0.3, -0.25) is 9.38 Å². The first kappa shape index (κ1) is 14.8. The Morgan fingerprint density at radius 1 is 1.08 bits per heavy atom. The van der Waals surface area contributed by atoms with Crippen LogP contribution in [0.5, 0.6) is 11.5 Å². The zero-order valence-corrected chi connectivity index (χ0v) is 14.1. The molecule has 0 bridgehead atoms. The monoisotopic (exact) mass is 344 g/mol. The van der Waals surface area contributed by atoms with Gasteiger partial charge in [0.2, 0.25) is 6.79 Å². The van der Waals surface area contributed by atoms with E-state index in [0.29, 0.717) is 0 Å². The zero-order valence-electron chi connectivity index (χ0n) is 14.1. The molecule has 0 atom stereocenters. The number of ether oxygens (including phenoxy) is 2. The van der Waals surface area contributed by atoms with Crippen LogP contribution in [0.1, 0.15) is 5.56 Å². The minimum atomic E-state index is 0.252. The number of rotatable bonds is 3. The highest BCUT2D eigenvalue weighted by atomic mass is 16.7. The molecule has 1 aliphatic heterocycles. The number of aryl methyl sites for hydroxylation is 1. The Hall–Kier alpha value is -3.54. The van der Waals surface area contributed by atoms with Crippen molar-refractivity contribution in [2.75, 3.05) is 12.1 Å². The molecule has 128 valence electrons. The molecule has 2 aromatic carbocycles. The summed E-state index contributed by atoms with van der Waals surface area (Å²) in [5, 5.41) is 3.53. The molecule has 0 unspecified atom stereocenters. The summed E-state index contributed by atoms with van der Waals surface area (Å²) in [6.45, 7) is 2.33. The van der Waals surface area contributed by atoms with E-state index in [1.165, 1.54) is 0 Å². The fourth-order valence-corrected chi connectivity index (χ4v) is 3.11. The molecule has 0 saturated heterocycles. The van der Waals surface area contributed by atoms with Gasteiger partial charge < -0.3 is 14.8 Å². The molecule has 1 N–H and O–H groups in total. The summed E-state index contributed by atoms with van der Waals surface area (Å²) in [5.41, 5.74) is 4.76. The van der Waals surface area contributed by atoms with Crippen molar-refractivity contribution in [3.8, 4) is 22.8 Å². The van der Waals surface area contributed by atoms with E-state index in [-0.39, 0.29) is 6.79 Å². The fraction of sp³-hybridized carbons (Fsp3) is 0.100. The molecule has 6 heteroatoms. The number of para-hydroxylation sites is 1. The van der Waals surface area contributed by atoms with Gasteiger partial charge in [0, 0.05) is 23.6 Å². The van der Waals surface area contributed by atoms with E-state index in [2.05, 4.69) is 29.4 Å². The van der Waals surface area contributed by atoms with Gasteiger partial charge in [-0.2, -0.15) is 0 Å². The molecule has 0 spiro atoms. The Kier molecular flexibility index (Phi) is 3.28. The van der Waals surface area contributed by atoms with Crippen LogP contribution in [0.4, 0.5) is 11.5 Å². The summed E-state index contributed by atoms with van der Waals surface area (Å²) in [7, 11) is 0. The largest absolute Gasteiger partial charge is 0.454 e. The van der Waals surface area contributed by atoms with Crippen LogP contribution in [-0.2, 0) is 0 Å². The number of nitrogens with one attached hydrogen (secondary N) is 1. The predicted octanol–water partition coefficient (Wildman–Crippen LogP) is 4.18. The van der Waals surface area contributed by atoms with Gasteiger partial charge in [-0.05, 0) is 36.8 Å². The lowest BCUT2D eigenvalue weighted by Crippen LogP contribution is -1.98. The molecule has 5 rings (SSSR count). The van der Waals surface area contributed by atoms with Crippen LogP contribution in [0.2, 0.25) is 0 Å². The number of anilines is 2. The number of hydrogen-bond acceptors (Lipinski definition) is 5. The molecular weight excluding hydrogens is 328 g/mol. The molecule has 3 heterocycles. The van der Waals surface area contributed by atoms with Crippen LogP contribution >= 0.6 is 0 Å². The minimum absolute atomic E-state index is 0.252. The Morgan fingerprint density at radius 2 is 1.96 bits per heavy atom. The fourth-order valence-electron chi connectivity index (χ4n) is 3.11. The molecular formula is C20H16N4O2. The van der Waals surface area contributed by atoms with E-state index in [9.17, 15) is 0 Å². The van der Waals surface area contributed by atoms with Crippen molar-refractivity contribution < 1.29 is 9.47 Å². The standard InChI is InChI=1S/C20H16N4O2/c1-13-4-2-3-5-15(13)22-20-19(23-18-11-21-8-9-24(18)20)14-6-7-16-17(10-14)26-12-25-16/h2-11,22H,12H2,1H3. The second kappa shape index (κ2) is 5.77. The zero-order chi connectivity index (χ0) is 17.5. The van der Waals surface area contributed by atoms with Gasteiger partial charge >= 0.3 is 0 Å². The maximum Gasteiger partial charge on any atom is 0.231 e. The van der Waals surface area contributed by atoms with Crippen LogP contribution in [-0.4, -0.2) is 21.2 Å². The Labute approximate surface area is 150 Å². The van der Waals surface area contributed by atoms with Gasteiger partial charge in [0.1, 0.15) is 11.5 Å². The summed E-state index contributed by atoms with van der Waals surface area (Å²) in [5.74, 6) is 2.38. The van der Waals surface area contributed by atoms with Gasteiger partial charge in [0.05, 0.1) is 6.20 Å². The Morgan fingerprint density at radius 3 is 2.88 bits per heavy atom. The number of fused-ring (bicyclic) bond motifs is 2. The SMILES string of the molecule is Cc1ccccc1Nc1c(-c2ccc3c(c2)OCO3)nc2cnccn12. The summed E-state index contributed by atoms with van der Waals surface area (Å²) >= 11 is 0. The summed E-state index contributed by atoms with van der Waals surface area (Å²) < 4.78 is 12.9. The maximum atomic E-state index is 5.52. The topological polar surface area (TPSA) is 60.7 Å². The van der Waals surface area contributed by atoms with Crippen LogP contribution in [0.15, 0.2) is 61.1 Å². The highest BCUT2D eigenvalue weighted by Gasteiger charge is 2.19.